The Hall–Kier alpha value is -2.83. The SMILES string of the molecule is C/C(=N\NC(N)=O)c1c(O)c2cccc3c2n(c1=O)CCC3. The van der Waals surface area contributed by atoms with Crippen molar-refractivity contribution in [1.82, 2.24) is 9.99 Å². The van der Waals surface area contributed by atoms with Crippen LogP contribution >= 0.6 is 0 Å². The Morgan fingerprint density at radius 2 is 2.23 bits per heavy atom. The van der Waals surface area contributed by atoms with Gasteiger partial charge in [0.1, 0.15) is 11.3 Å². The topological polar surface area (TPSA) is 110 Å². The molecule has 0 spiro atoms. The molecule has 114 valence electrons. The minimum Gasteiger partial charge on any atom is -0.506 e. The summed E-state index contributed by atoms with van der Waals surface area (Å²) in [6.45, 7) is 2.13. The van der Waals surface area contributed by atoms with E-state index in [1.165, 1.54) is 6.92 Å². The summed E-state index contributed by atoms with van der Waals surface area (Å²) < 4.78 is 1.66. The molecule has 0 saturated carbocycles. The van der Waals surface area contributed by atoms with Crippen molar-refractivity contribution in [2.45, 2.75) is 26.3 Å². The molecule has 0 aliphatic carbocycles. The van der Waals surface area contributed by atoms with Gasteiger partial charge in [0.25, 0.3) is 5.56 Å². The van der Waals surface area contributed by atoms with Crippen LogP contribution in [0.4, 0.5) is 4.79 Å². The van der Waals surface area contributed by atoms with Gasteiger partial charge in [0.2, 0.25) is 0 Å². The second-order valence-corrected chi connectivity index (χ2v) is 5.27. The van der Waals surface area contributed by atoms with Crippen LogP contribution < -0.4 is 16.7 Å². The minimum atomic E-state index is -0.830. The lowest BCUT2D eigenvalue weighted by atomic mass is 9.98. The van der Waals surface area contributed by atoms with Gasteiger partial charge in [-0.1, -0.05) is 12.1 Å². The summed E-state index contributed by atoms with van der Waals surface area (Å²) in [6.07, 6.45) is 1.75. The fourth-order valence-corrected chi connectivity index (χ4v) is 2.94. The number of carbonyl (C=O) groups excluding carboxylic acids is 1. The Morgan fingerprint density at radius 1 is 1.45 bits per heavy atom. The maximum atomic E-state index is 12.7. The molecule has 0 bridgehead atoms. The molecule has 7 heteroatoms. The number of aromatic nitrogens is 1. The first-order valence-corrected chi connectivity index (χ1v) is 6.98. The summed E-state index contributed by atoms with van der Waals surface area (Å²) in [7, 11) is 0. The second-order valence-electron chi connectivity index (χ2n) is 5.27. The summed E-state index contributed by atoms with van der Waals surface area (Å²) in [5, 5.41) is 14.9. The van der Waals surface area contributed by atoms with E-state index in [0.29, 0.717) is 11.9 Å². The molecule has 1 aliphatic rings. The van der Waals surface area contributed by atoms with E-state index in [4.69, 9.17) is 5.73 Å². The zero-order valence-corrected chi connectivity index (χ0v) is 12.1. The van der Waals surface area contributed by atoms with Gasteiger partial charge >= 0.3 is 6.03 Å². The van der Waals surface area contributed by atoms with Crippen molar-refractivity contribution in [3.05, 3.63) is 39.7 Å². The number of benzene rings is 1. The molecule has 1 aromatic heterocycles. The molecular weight excluding hydrogens is 284 g/mol. The molecule has 0 unspecified atom stereocenters. The van der Waals surface area contributed by atoms with Crippen LogP contribution in [0.2, 0.25) is 0 Å². The Bertz CT molecular complexity index is 867. The lowest BCUT2D eigenvalue weighted by Crippen LogP contribution is -2.31. The Balaban J connectivity index is 2.32. The zero-order valence-electron chi connectivity index (χ0n) is 12.1. The molecule has 0 saturated heterocycles. The number of urea groups is 1. The number of carbonyl (C=O) groups is 1. The number of aryl methyl sites for hydroxylation is 2. The number of hydrogen-bond acceptors (Lipinski definition) is 4. The standard InChI is InChI=1S/C15H16N4O3/c1-8(17-18-15(16)22)11-13(20)10-6-2-4-9-5-3-7-19(12(9)10)14(11)21/h2,4,6,20H,3,5,7H2,1H3,(H3,16,18,22)/b17-8+. The Labute approximate surface area is 126 Å². The van der Waals surface area contributed by atoms with Crippen LogP contribution in [0.25, 0.3) is 10.9 Å². The lowest BCUT2D eigenvalue weighted by Gasteiger charge is -2.21. The average Bonchev–Trinajstić information content (AvgIpc) is 2.50. The normalized spacial score (nSPS) is 14.1. The molecule has 3 rings (SSSR count). The fraction of sp³-hybridized carbons (Fsp3) is 0.267. The molecule has 2 aromatic rings. The Morgan fingerprint density at radius 3 is 2.95 bits per heavy atom. The van der Waals surface area contributed by atoms with Crippen LogP contribution in [0.3, 0.4) is 0 Å². The average molecular weight is 300 g/mol. The van der Waals surface area contributed by atoms with Gasteiger partial charge < -0.3 is 15.4 Å². The third-order valence-electron chi connectivity index (χ3n) is 3.86. The van der Waals surface area contributed by atoms with Crippen molar-refractivity contribution >= 4 is 22.6 Å². The molecule has 0 atom stereocenters. The highest BCUT2D eigenvalue weighted by atomic mass is 16.3. The monoisotopic (exact) mass is 300 g/mol. The molecule has 1 aliphatic heterocycles. The molecule has 2 amide bonds. The highest BCUT2D eigenvalue weighted by molar-refractivity contribution is 6.06. The van der Waals surface area contributed by atoms with Gasteiger partial charge in [0, 0.05) is 11.9 Å². The number of amides is 2. The van der Waals surface area contributed by atoms with E-state index in [0.717, 1.165) is 23.9 Å². The van der Waals surface area contributed by atoms with Gasteiger partial charge in [-0.2, -0.15) is 5.10 Å². The molecule has 1 aromatic carbocycles. The maximum Gasteiger partial charge on any atom is 0.332 e. The van der Waals surface area contributed by atoms with E-state index < -0.39 is 6.03 Å². The van der Waals surface area contributed by atoms with Gasteiger partial charge in [0.05, 0.1) is 11.2 Å². The summed E-state index contributed by atoms with van der Waals surface area (Å²) in [5.74, 6) is -0.118. The molecule has 0 fully saturated rings. The van der Waals surface area contributed by atoms with Gasteiger partial charge in [-0.25, -0.2) is 10.2 Å². The first-order valence-electron chi connectivity index (χ1n) is 6.98. The Kier molecular flexibility index (Phi) is 3.32. The van der Waals surface area contributed by atoms with Crippen LogP contribution in [0.5, 0.6) is 5.75 Å². The number of primary amides is 1. The van der Waals surface area contributed by atoms with Crippen LogP contribution in [0.15, 0.2) is 28.1 Å². The van der Waals surface area contributed by atoms with Crippen LogP contribution in [0, 0.1) is 0 Å². The largest absolute Gasteiger partial charge is 0.506 e. The molecule has 0 radical (unpaired) electrons. The maximum absolute atomic E-state index is 12.7. The summed E-state index contributed by atoms with van der Waals surface area (Å²) >= 11 is 0. The predicted octanol–water partition coefficient (Wildman–Crippen LogP) is 1.05. The summed E-state index contributed by atoms with van der Waals surface area (Å²) in [5.41, 5.74) is 8.85. The van der Waals surface area contributed by atoms with E-state index in [-0.39, 0.29) is 22.6 Å². The van der Waals surface area contributed by atoms with Crippen LogP contribution in [-0.4, -0.2) is 21.4 Å². The zero-order chi connectivity index (χ0) is 15.9. The van der Waals surface area contributed by atoms with Crippen molar-refractivity contribution in [2.75, 3.05) is 0 Å². The highest BCUT2D eigenvalue weighted by Gasteiger charge is 2.22. The number of nitrogens with one attached hydrogen (secondary N) is 1. The van der Waals surface area contributed by atoms with Crippen molar-refractivity contribution < 1.29 is 9.90 Å². The molecule has 2 heterocycles. The number of hydrazone groups is 1. The number of rotatable bonds is 2. The van der Waals surface area contributed by atoms with Gasteiger partial charge in [-0.15, -0.1) is 0 Å². The molecular formula is C15H16N4O3. The van der Waals surface area contributed by atoms with E-state index in [1.807, 2.05) is 12.1 Å². The van der Waals surface area contributed by atoms with Crippen molar-refractivity contribution in [3.8, 4) is 5.75 Å². The van der Waals surface area contributed by atoms with E-state index >= 15 is 0 Å². The van der Waals surface area contributed by atoms with Gasteiger partial charge in [0.15, 0.2) is 0 Å². The van der Waals surface area contributed by atoms with Crippen molar-refractivity contribution in [2.24, 2.45) is 10.8 Å². The van der Waals surface area contributed by atoms with Gasteiger partial charge in [-0.05, 0) is 31.4 Å². The first kappa shape index (κ1) is 14.1. The number of pyridine rings is 1. The highest BCUT2D eigenvalue weighted by Crippen LogP contribution is 2.31. The number of hydrogen-bond donors (Lipinski definition) is 3. The van der Waals surface area contributed by atoms with Crippen molar-refractivity contribution in [1.29, 1.82) is 0 Å². The molecule has 4 N–H and O–H groups in total. The summed E-state index contributed by atoms with van der Waals surface area (Å²) in [4.78, 5) is 23.4. The molecule has 7 nitrogen and oxygen atoms in total. The predicted molar refractivity (Wildman–Crippen MR) is 83.1 cm³/mol. The molecule has 22 heavy (non-hydrogen) atoms. The summed E-state index contributed by atoms with van der Waals surface area (Å²) in [6, 6.07) is 4.76. The van der Waals surface area contributed by atoms with E-state index in [2.05, 4.69) is 10.5 Å². The third-order valence-corrected chi connectivity index (χ3v) is 3.86. The smallest absolute Gasteiger partial charge is 0.332 e. The third kappa shape index (κ3) is 2.11. The number of nitrogens with zero attached hydrogens (tertiary/aromatic N) is 2. The quantitative estimate of drug-likeness (QED) is 0.569. The van der Waals surface area contributed by atoms with Crippen molar-refractivity contribution in [3.63, 3.8) is 0 Å². The number of aromatic hydroxyl groups is 1. The van der Waals surface area contributed by atoms with Gasteiger partial charge in [-0.3, -0.25) is 4.79 Å². The van der Waals surface area contributed by atoms with Crippen LogP contribution in [0.1, 0.15) is 24.5 Å². The van der Waals surface area contributed by atoms with Crippen LogP contribution in [-0.2, 0) is 13.0 Å². The second kappa shape index (κ2) is 5.18. The fourth-order valence-electron chi connectivity index (χ4n) is 2.94. The first-order chi connectivity index (χ1) is 10.5. The number of para-hydroxylation sites is 1. The lowest BCUT2D eigenvalue weighted by molar-refractivity contribution is 0.249. The van der Waals surface area contributed by atoms with E-state index in [1.54, 1.807) is 10.6 Å². The number of nitrogens with two attached hydrogens (primary N) is 1. The van der Waals surface area contributed by atoms with E-state index in [9.17, 15) is 14.7 Å². The minimum absolute atomic E-state index is 0.0836.